The van der Waals surface area contributed by atoms with E-state index < -0.39 is 5.97 Å². The second kappa shape index (κ2) is 5.61. The molecule has 0 unspecified atom stereocenters. The maximum atomic E-state index is 10.5. The second-order valence-electron chi connectivity index (χ2n) is 4.45. The molecule has 0 aromatic carbocycles. The van der Waals surface area contributed by atoms with Crippen molar-refractivity contribution in [3.63, 3.8) is 0 Å². The molecule has 0 bridgehead atoms. The molecule has 0 aliphatic rings. The average Bonchev–Trinajstić information content (AvgIpc) is 2.24. The summed E-state index contributed by atoms with van der Waals surface area (Å²) in [6.07, 6.45) is 0.0881. The molecule has 1 N–H and O–H groups in total. The van der Waals surface area contributed by atoms with Gasteiger partial charge in [0.05, 0.1) is 6.42 Å². The molecule has 5 nitrogen and oxygen atoms in total. The molecule has 0 aliphatic carbocycles. The number of aromatic nitrogens is 2. The van der Waals surface area contributed by atoms with Gasteiger partial charge in [-0.15, -0.1) is 0 Å². The molecule has 1 heterocycles. The Kier molecular flexibility index (Phi) is 4.43. The van der Waals surface area contributed by atoms with Gasteiger partial charge in [0, 0.05) is 25.0 Å². The summed E-state index contributed by atoms with van der Waals surface area (Å²) in [6.45, 7) is 6.48. The molecule has 0 aliphatic heterocycles. The van der Waals surface area contributed by atoms with Gasteiger partial charge in [0.2, 0.25) is 5.95 Å². The Balaban J connectivity index is 2.85. The van der Waals surface area contributed by atoms with E-state index in [1.807, 2.05) is 20.0 Å². The fraction of sp³-hybridized carbons (Fsp3) is 0.583. The van der Waals surface area contributed by atoms with Gasteiger partial charge < -0.3 is 10.0 Å². The van der Waals surface area contributed by atoms with Crippen LogP contribution in [0.1, 0.15) is 37.6 Å². The van der Waals surface area contributed by atoms with Gasteiger partial charge in [0.25, 0.3) is 0 Å². The van der Waals surface area contributed by atoms with E-state index in [0.717, 1.165) is 11.4 Å². The predicted octanol–water partition coefficient (Wildman–Crippen LogP) is 1.82. The van der Waals surface area contributed by atoms with Crippen LogP contribution in [-0.2, 0) is 4.79 Å². The van der Waals surface area contributed by atoms with E-state index in [1.165, 1.54) is 0 Å². The highest BCUT2D eigenvalue weighted by molar-refractivity contribution is 5.67. The molecule has 17 heavy (non-hydrogen) atoms. The molecule has 0 saturated heterocycles. The SMILES string of the molecule is Cc1cc(C(C)C)nc(N(C)CCC(=O)O)n1. The number of anilines is 1. The van der Waals surface area contributed by atoms with Crippen molar-refractivity contribution in [1.29, 1.82) is 0 Å². The summed E-state index contributed by atoms with van der Waals surface area (Å²) >= 11 is 0. The average molecular weight is 237 g/mol. The maximum Gasteiger partial charge on any atom is 0.305 e. The third kappa shape index (κ3) is 4.01. The Morgan fingerprint density at radius 2 is 2.12 bits per heavy atom. The smallest absolute Gasteiger partial charge is 0.305 e. The number of carboxylic acids is 1. The normalized spacial score (nSPS) is 10.6. The Bertz CT molecular complexity index is 405. The summed E-state index contributed by atoms with van der Waals surface area (Å²) in [5, 5.41) is 8.64. The minimum atomic E-state index is -0.811. The Morgan fingerprint density at radius 1 is 1.47 bits per heavy atom. The topological polar surface area (TPSA) is 66.3 Å². The predicted molar refractivity (Wildman–Crippen MR) is 66.4 cm³/mol. The van der Waals surface area contributed by atoms with Gasteiger partial charge in [-0.2, -0.15) is 0 Å². The quantitative estimate of drug-likeness (QED) is 0.846. The fourth-order valence-corrected chi connectivity index (χ4v) is 1.41. The lowest BCUT2D eigenvalue weighted by molar-refractivity contribution is -0.136. The van der Waals surface area contributed by atoms with Crippen LogP contribution in [0.25, 0.3) is 0 Å². The largest absolute Gasteiger partial charge is 0.481 e. The summed E-state index contributed by atoms with van der Waals surface area (Å²) in [5.74, 6) is 0.117. The summed E-state index contributed by atoms with van der Waals surface area (Å²) in [4.78, 5) is 21.0. The van der Waals surface area contributed by atoms with Crippen molar-refractivity contribution >= 4 is 11.9 Å². The van der Waals surface area contributed by atoms with E-state index in [0.29, 0.717) is 18.4 Å². The minimum absolute atomic E-state index is 0.0881. The molecular weight excluding hydrogens is 218 g/mol. The summed E-state index contributed by atoms with van der Waals surface area (Å²) < 4.78 is 0. The minimum Gasteiger partial charge on any atom is -0.481 e. The fourth-order valence-electron chi connectivity index (χ4n) is 1.41. The molecule has 5 heteroatoms. The number of nitrogens with zero attached hydrogens (tertiary/aromatic N) is 3. The first-order chi connectivity index (χ1) is 7.90. The number of aryl methyl sites for hydroxylation is 1. The van der Waals surface area contributed by atoms with Gasteiger partial charge in [-0.25, -0.2) is 9.97 Å². The Labute approximate surface area is 102 Å². The molecule has 0 amide bonds. The molecule has 0 atom stereocenters. The molecule has 1 aromatic rings. The zero-order valence-electron chi connectivity index (χ0n) is 10.8. The number of carbonyl (C=O) groups is 1. The first kappa shape index (κ1) is 13.4. The first-order valence-corrected chi connectivity index (χ1v) is 5.68. The summed E-state index contributed by atoms with van der Waals surface area (Å²) in [6, 6.07) is 1.96. The van der Waals surface area contributed by atoms with Gasteiger partial charge >= 0.3 is 5.97 Å². The van der Waals surface area contributed by atoms with Gasteiger partial charge in [0.15, 0.2) is 0 Å². The zero-order valence-corrected chi connectivity index (χ0v) is 10.8. The van der Waals surface area contributed by atoms with E-state index in [-0.39, 0.29) is 6.42 Å². The van der Waals surface area contributed by atoms with Crippen LogP contribution in [0.5, 0.6) is 0 Å². The number of aliphatic carboxylic acids is 1. The van der Waals surface area contributed by atoms with Crippen LogP contribution >= 0.6 is 0 Å². The van der Waals surface area contributed by atoms with Crippen LogP contribution in [0.4, 0.5) is 5.95 Å². The first-order valence-electron chi connectivity index (χ1n) is 5.68. The van der Waals surface area contributed by atoms with Crippen molar-refractivity contribution in [1.82, 2.24) is 9.97 Å². The Hall–Kier alpha value is -1.65. The summed E-state index contributed by atoms with van der Waals surface area (Å²) in [5.41, 5.74) is 1.88. The van der Waals surface area contributed by atoms with Crippen molar-refractivity contribution in [2.24, 2.45) is 0 Å². The van der Waals surface area contributed by atoms with Gasteiger partial charge in [0.1, 0.15) is 0 Å². The molecule has 1 aromatic heterocycles. The third-order valence-corrected chi connectivity index (χ3v) is 2.46. The molecule has 94 valence electrons. The van der Waals surface area contributed by atoms with Crippen molar-refractivity contribution in [3.05, 3.63) is 17.5 Å². The monoisotopic (exact) mass is 237 g/mol. The zero-order chi connectivity index (χ0) is 13.0. The van der Waals surface area contributed by atoms with Crippen LogP contribution in [0.3, 0.4) is 0 Å². The van der Waals surface area contributed by atoms with Crippen molar-refractivity contribution < 1.29 is 9.90 Å². The third-order valence-electron chi connectivity index (χ3n) is 2.46. The molecular formula is C12H19N3O2. The summed E-state index contributed by atoms with van der Waals surface area (Å²) in [7, 11) is 1.81. The van der Waals surface area contributed by atoms with Crippen molar-refractivity contribution in [2.45, 2.75) is 33.1 Å². The number of carboxylic acid groups (broad SMARTS) is 1. The van der Waals surface area contributed by atoms with Gasteiger partial charge in [-0.3, -0.25) is 4.79 Å². The Morgan fingerprint density at radius 3 is 2.65 bits per heavy atom. The van der Waals surface area contributed by atoms with Crippen LogP contribution in [0.2, 0.25) is 0 Å². The van der Waals surface area contributed by atoms with Crippen LogP contribution in [0, 0.1) is 6.92 Å². The highest BCUT2D eigenvalue weighted by atomic mass is 16.4. The lowest BCUT2D eigenvalue weighted by Crippen LogP contribution is -2.23. The number of hydrogen-bond acceptors (Lipinski definition) is 4. The van der Waals surface area contributed by atoms with E-state index in [4.69, 9.17) is 5.11 Å². The van der Waals surface area contributed by atoms with Crippen LogP contribution in [-0.4, -0.2) is 34.6 Å². The lowest BCUT2D eigenvalue weighted by atomic mass is 10.1. The van der Waals surface area contributed by atoms with Crippen LogP contribution in [0.15, 0.2) is 6.07 Å². The van der Waals surface area contributed by atoms with Gasteiger partial charge in [-0.05, 0) is 18.9 Å². The molecule has 1 rings (SSSR count). The van der Waals surface area contributed by atoms with Crippen LogP contribution < -0.4 is 4.90 Å². The standard InChI is InChI=1S/C12H19N3O2/c1-8(2)10-7-9(3)13-12(14-10)15(4)6-5-11(16)17/h7-8H,5-6H2,1-4H3,(H,16,17). The molecule has 0 fully saturated rings. The van der Waals surface area contributed by atoms with Crippen molar-refractivity contribution in [2.75, 3.05) is 18.5 Å². The maximum absolute atomic E-state index is 10.5. The second-order valence-corrected chi connectivity index (χ2v) is 4.45. The van der Waals surface area contributed by atoms with E-state index in [9.17, 15) is 4.79 Å². The van der Waals surface area contributed by atoms with Crippen molar-refractivity contribution in [3.8, 4) is 0 Å². The van der Waals surface area contributed by atoms with Gasteiger partial charge in [-0.1, -0.05) is 13.8 Å². The number of hydrogen-bond donors (Lipinski definition) is 1. The molecule has 0 radical (unpaired) electrons. The van der Waals surface area contributed by atoms with E-state index in [1.54, 1.807) is 4.90 Å². The van der Waals surface area contributed by atoms with E-state index in [2.05, 4.69) is 23.8 Å². The highest BCUT2D eigenvalue weighted by Crippen LogP contribution is 2.16. The molecule has 0 spiro atoms. The molecule has 0 saturated carbocycles. The highest BCUT2D eigenvalue weighted by Gasteiger charge is 2.10. The lowest BCUT2D eigenvalue weighted by Gasteiger charge is -2.18. The number of rotatable bonds is 5. The van der Waals surface area contributed by atoms with E-state index >= 15 is 0 Å².